The van der Waals surface area contributed by atoms with Crippen LogP contribution < -0.4 is 10.1 Å². The van der Waals surface area contributed by atoms with Crippen LogP contribution in [0.3, 0.4) is 0 Å². The normalized spacial score (nSPS) is 17.5. The Balaban J connectivity index is 1.77. The molecule has 0 aromatic heterocycles. The second kappa shape index (κ2) is 8.25. The van der Waals surface area contributed by atoms with Crippen LogP contribution >= 0.6 is 0 Å². The molecule has 1 heterocycles. The van der Waals surface area contributed by atoms with Crippen LogP contribution in [-0.4, -0.2) is 28.9 Å². The van der Waals surface area contributed by atoms with Gasteiger partial charge in [0, 0.05) is 23.8 Å². The number of ether oxygens (including phenoxy) is 1. The third-order valence-corrected chi connectivity index (χ3v) is 4.95. The molecule has 1 aliphatic rings. The Morgan fingerprint density at radius 2 is 2.00 bits per heavy atom. The molecule has 0 saturated heterocycles. The number of fused-ring (bicyclic) bond motifs is 1. The number of carbonyl (C=O) groups is 2. The molecule has 5 nitrogen and oxygen atoms in total. The minimum absolute atomic E-state index is 0.00443. The van der Waals surface area contributed by atoms with Crippen molar-refractivity contribution in [1.82, 2.24) is 4.90 Å². The van der Waals surface area contributed by atoms with E-state index in [-0.39, 0.29) is 17.9 Å². The Morgan fingerprint density at radius 3 is 2.70 bits per heavy atom. The molecule has 27 heavy (non-hydrogen) atoms. The molecule has 0 spiro atoms. The highest BCUT2D eigenvalue weighted by atomic mass is 16.5. The van der Waals surface area contributed by atoms with Gasteiger partial charge in [-0.25, -0.2) is 0 Å². The number of benzene rings is 2. The van der Waals surface area contributed by atoms with Crippen LogP contribution in [0.15, 0.2) is 48.5 Å². The fourth-order valence-corrected chi connectivity index (χ4v) is 3.21. The maximum atomic E-state index is 12.6. The van der Waals surface area contributed by atoms with Crippen molar-refractivity contribution in [3.63, 3.8) is 0 Å². The Kier molecular flexibility index (Phi) is 5.79. The van der Waals surface area contributed by atoms with E-state index in [2.05, 4.69) is 12.2 Å². The van der Waals surface area contributed by atoms with Gasteiger partial charge in [-0.15, -0.1) is 0 Å². The molecule has 2 atom stereocenters. The first kappa shape index (κ1) is 19.0. The highest BCUT2D eigenvalue weighted by molar-refractivity contribution is 5.92. The number of amides is 2. The highest BCUT2D eigenvalue weighted by Gasteiger charge is 2.30. The maximum absolute atomic E-state index is 12.6. The summed E-state index contributed by atoms with van der Waals surface area (Å²) in [5.74, 6) is 0.622. The number of nitrogens with one attached hydrogen (secondary N) is 1. The van der Waals surface area contributed by atoms with E-state index in [4.69, 9.17) is 4.74 Å². The van der Waals surface area contributed by atoms with Crippen LogP contribution in [0.4, 0.5) is 5.69 Å². The first-order valence-corrected chi connectivity index (χ1v) is 9.41. The van der Waals surface area contributed by atoms with E-state index in [1.807, 2.05) is 60.4 Å². The number of carbonyl (C=O) groups excluding carboxylic acids is 2. The molecular formula is C22H26N2O3. The summed E-state index contributed by atoms with van der Waals surface area (Å²) in [6.07, 6.45) is 0.684. The van der Waals surface area contributed by atoms with Crippen LogP contribution in [-0.2, 0) is 22.6 Å². The van der Waals surface area contributed by atoms with Gasteiger partial charge in [-0.2, -0.15) is 0 Å². The number of anilines is 1. The molecule has 3 rings (SSSR count). The molecule has 1 aliphatic heterocycles. The van der Waals surface area contributed by atoms with Crippen molar-refractivity contribution in [1.29, 1.82) is 0 Å². The van der Waals surface area contributed by atoms with Crippen molar-refractivity contribution in [3.8, 4) is 5.75 Å². The standard InChI is InChI=1S/C22H26N2O3/c1-4-15(2)24-14-18-13-19(10-11-20(18)27-16(3)22(24)26)23-21(25)12-17-8-6-5-7-9-17/h5-11,13,15-16H,4,12,14H2,1-3H3,(H,23,25)/t15-,16-/m0/s1. The number of hydrogen-bond donors (Lipinski definition) is 1. The summed E-state index contributed by atoms with van der Waals surface area (Å²) in [5, 5.41) is 2.94. The molecule has 0 aliphatic carbocycles. The van der Waals surface area contributed by atoms with E-state index in [1.54, 1.807) is 6.92 Å². The van der Waals surface area contributed by atoms with E-state index in [0.29, 0.717) is 24.4 Å². The lowest BCUT2D eigenvalue weighted by Crippen LogP contribution is -2.42. The summed E-state index contributed by atoms with van der Waals surface area (Å²) in [5.41, 5.74) is 2.59. The molecule has 1 N–H and O–H groups in total. The van der Waals surface area contributed by atoms with E-state index >= 15 is 0 Å². The van der Waals surface area contributed by atoms with Gasteiger partial charge in [0.2, 0.25) is 5.91 Å². The lowest BCUT2D eigenvalue weighted by molar-refractivity contribution is -0.139. The van der Waals surface area contributed by atoms with E-state index in [0.717, 1.165) is 17.5 Å². The molecule has 5 heteroatoms. The molecule has 0 bridgehead atoms. The second-order valence-corrected chi connectivity index (χ2v) is 7.02. The van der Waals surface area contributed by atoms with Crippen LogP contribution in [0.5, 0.6) is 5.75 Å². The molecule has 2 aromatic carbocycles. The summed E-state index contributed by atoms with van der Waals surface area (Å²) in [6, 6.07) is 15.3. The van der Waals surface area contributed by atoms with E-state index in [1.165, 1.54) is 0 Å². The van der Waals surface area contributed by atoms with Gasteiger partial charge < -0.3 is 15.0 Å². The van der Waals surface area contributed by atoms with Gasteiger partial charge >= 0.3 is 0 Å². The van der Waals surface area contributed by atoms with Gasteiger partial charge in [0.25, 0.3) is 5.91 Å². The first-order chi connectivity index (χ1) is 13.0. The smallest absolute Gasteiger partial charge is 0.263 e. The fraction of sp³-hybridized carbons (Fsp3) is 0.364. The summed E-state index contributed by atoms with van der Waals surface area (Å²) in [7, 11) is 0. The van der Waals surface area contributed by atoms with E-state index < -0.39 is 6.10 Å². The van der Waals surface area contributed by atoms with Gasteiger partial charge in [0.05, 0.1) is 6.42 Å². The molecule has 2 aromatic rings. The lowest BCUT2D eigenvalue weighted by atomic mass is 10.1. The number of hydrogen-bond acceptors (Lipinski definition) is 3. The van der Waals surface area contributed by atoms with Crippen molar-refractivity contribution >= 4 is 17.5 Å². The largest absolute Gasteiger partial charge is 0.481 e. The van der Waals surface area contributed by atoms with Gasteiger partial charge in [-0.05, 0) is 44.0 Å². The number of rotatable bonds is 5. The van der Waals surface area contributed by atoms with Gasteiger partial charge in [0.1, 0.15) is 5.75 Å². The molecular weight excluding hydrogens is 340 g/mol. The van der Waals surface area contributed by atoms with Crippen LogP contribution in [0.2, 0.25) is 0 Å². The highest BCUT2D eigenvalue weighted by Crippen LogP contribution is 2.30. The van der Waals surface area contributed by atoms with Crippen molar-refractivity contribution in [2.75, 3.05) is 5.32 Å². The van der Waals surface area contributed by atoms with Gasteiger partial charge in [-0.3, -0.25) is 9.59 Å². The van der Waals surface area contributed by atoms with Gasteiger partial charge in [0.15, 0.2) is 6.10 Å². The Hall–Kier alpha value is -2.82. The molecule has 0 unspecified atom stereocenters. The Morgan fingerprint density at radius 1 is 1.26 bits per heavy atom. The number of nitrogens with zero attached hydrogens (tertiary/aromatic N) is 1. The van der Waals surface area contributed by atoms with Crippen molar-refractivity contribution in [3.05, 3.63) is 59.7 Å². The SMILES string of the molecule is CC[C@H](C)N1Cc2cc(NC(=O)Cc3ccccc3)ccc2O[C@@H](C)C1=O. The van der Waals surface area contributed by atoms with Crippen molar-refractivity contribution in [2.45, 2.75) is 52.3 Å². The molecule has 2 amide bonds. The van der Waals surface area contributed by atoms with Gasteiger partial charge in [-0.1, -0.05) is 37.3 Å². The molecule has 142 valence electrons. The monoisotopic (exact) mass is 366 g/mol. The zero-order valence-electron chi connectivity index (χ0n) is 16.1. The van der Waals surface area contributed by atoms with Crippen LogP contribution in [0.1, 0.15) is 38.3 Å². The summed E-state index contributed by atoms with van der Waals surface area (Å²) in [4.78, 5) is 26.8. The van der Waals surface area contributed by atoms with E-state index in [9.17, 15) is 9.59 Å². The average molecular weight is 366 g/mol. The van der Waals surface area contributed by atoms with Crippen molar-refractivity contribution in [2.24, 2.45) is 0 Å². The topological polar surface area (TPSA) is 58.6 Å². The van der Waals surface area contributed by atoms with Crippen molar-refractivity contribution < 1.29 is 14.3 Å². The zero-order valence-corrected chi connectivity index (χ0v) is 16.1. The predicted octanol–water partition coefficient (Wildman–Crippen LogP) is 3.78. The summed E-state index contributed by atoms with van der Waals surface area (Å²) < 4.78 is 5.85. The lowest BCUT2D eigenvalue weighted by Gasteiger charge is -2.28. The third-order valence-electron chi connectivity index (χ3n) is 4.95. The minimum atomic E-state index is -0.515. The molecule has 0 radical (unpaired) electrons. The quantitative estimate of drug-likeness (QED) is 0.876. The zero-order chi connectivity index (χ0) is 19.4. The fourth-order valence-electron chi connectivity index (χ4n) is 3.21. The summed E-state index contributed by atoms with van der Waals surface area (Å²) in [6.45, 7) is 6.37. The molecule has 0 saturated carbocycles. The Labute approximate surface area is 160 Å². The van der Waals surface area contributed by atoms with Crippen LogP contribution in [0.25, 0.3) is 0 Å². The average Bonchev–Trinajstić information content (AvgIpc) is 2.78. The Bertz CT molecular complexity index is 820. The minimum Gasteiger partial charge on any atom is -0.481 e. The molecule has 0 fully saturated rings. The first-order valence-electron chi connectivity index (χ1n) is 9.41. The van der Waals surface area contributed by atoms with Crippen LogP contribution in [0, 0.1) is 0 Å². The summed E-state index contributed by atoms with van der Waals surface area (Å²) >= 11 is 0. The second-order valence-electron chi connectivity index (χ2n) is 7.02. The maximum Gasteiger partial charge on any atom is 0.263 e. The third kappa shape index (κ3) is 4.48. The predicted molar refractivity (Wildman–Crippen MR) is 106 cm³/mol.